The number of hydrogen-bond acceptors (Lipinski definition) is 4. The van der Waals surface area contributed by atoms with Crippen molar-refractivity contribution < 1.29 is 23.5 Å². The zero-order chi connectivity index (χ0) is 18.2. The van der Waals surface area contributed by atoms with Crippen molar-refractivity contribution >= 4 is 11.8 Å². The van der Waals surface area contributed by atoms with Crippen LogP contribution in [0, 0.1) is 5.82 Å². The van der Waals surface area contributed by atoms with Gasteiger partial charge >= 0.3 is 0 Å². The molecule has 132 valence electrons. The fraction of sp³-hybridized carbons (Fsp3) is 0.222. The van der Waals surface area contributed by atoms with Crippen LogP contribution in [0.3, 0.4) is 0 Å². The number of primary amides is 1. The topological polar surface area (TPSA) is 90.7 Å². The van der Waals surface area contributed by atoms with Crippen LogP contribution < -0.4 is 20.5 Å². The van der Waals surface area contributed by atoms with E-state index in [4.69, 9.17) is 15.2 Å². The number of carbonyl (C=O) groups excluding carboxylic acids is 2. The highest BCUT2D eigenvalue weighted by Crippen LogP contribution is 2.28. The first-order valence-electron chi connectivity index (χ1n) is 7.57. The summed E-state index contributed by atoms with van der Waals surface area (Å²) in [6.07, 6.45) is 0.164. The van der Waals surface area contributed by atoms with Gasteiger partial charge < -0.3 is 20.5 Å². The van der Waals surface area contributed by atoms with E-state index in [1.54, 1.807) is 30.3 Å². The van der Waals surface area contributed by atoms with Gasteiger partial charge in [0.05, 0.1) is 13.5 Å². The van der Waals surface area contributed by atoms with Crippen LogP contribution in [0.2, 0.25) is 0 Å². The molecule has 2 rings (SSSR count). The highest BCUT2D eigenvalue weighted by atomic mass is 19.1. The number of ether oxygens (including phenoxy) is 2. The van der Waals surface area contributed by atoms with Crippen LogP contribution in [0.25, 0.3) is 0 Å². The van der Waals surface area contributed by atoms with Gasteiger partial charge in [0.1, 0.15) is 5.82 Å². The third-order valence-corrected chi connectivity index (χ3v) is 3.37. The summed E-state index contributed by atoms with van der Waals surface area (Å²) in [5.74, 6) is -0.275. The van der Waals surface area contributed by atoms with E-state index in [9.17, 15) is 14.0 Å². The minimum Gasteiger partial charge on any atom is -0.493 e. The van der Waals surface area contributed by atoms with Crippen LogP contribution in [-0.2, 0) is 22.6 Å². The van der Waals surface area contributed by atoms with E-state index < -0.39 is 5.91 Å². The molecule has 2 amide bonds. The Bertz CT molecular complexity index is 747. The van der Waals surface area contributed by atoms with Gasteiger partial charge in [0.15, 0.2) is 18.1 Å². The molecule has 0 aromatic heterocycles. The third kappa shape index (κ3) is 5.80. The maximum atomic E-state index is 12.8. The number of amides is 2. The van der Waals surface area contributed by atoms with Gasteiger partial charge in [-0.3, -0.25) is 9.59 Å². The van der Waals surface area contributed by atoms with Gasteiger partial charge in [-0.1, -0.05) is 18.2 Å². The van der Waals surface area contributed by atoms with Crippen LogP contribution in [0.4, 0.5) is 4.39 Å². The molecule has 0 bridgehead atoms. The first-order chi connectivity index (χ1) is 12.0. The van der Waals surface area contributed by atoms with E-state index in [1.807, 2.05) is 0 Å². The molecular weight excluding hydrogens is 327 g/mol. The lowest BCUT2D eigenvalue weighted by molar-refractivity contribution is -0.121. The molecule has 0 aliphatic heterocycles. The number of benzene rings is 2. The Kier molecular flexibility index (Phi) is 6.33. The molecule has 7 heteroatoms. The Labute approximate surface area is 144 Å². The number of rotatable bonds is 8. The van der Waals surface area contributed by atoms with E-state index in [1.165, 1.54) is 19.2 Å². The van der Waals surface area contributed by atoms with E-state index in [0.29, 0.717) is 18.0 Å². The number of nitrogens with two attached hydrogens (primary N) is 1. The minimum atomic E-state index is -0.584. The molecule has 0 atom stereocenters. The molecule has 0 aliphatic carbocycles. The molecule has 6 nitrogen and oxygen atoms in total. The smallest absolute Gasteiger partial charge is 0.255 e. The van der Waals surface area contributed by atoms with Crippen LogP contribution in [0.5, 0.6) is 11.5 Å². The summed E-state index contributed by atoms with van der Waals surface area (Å²) in [7, 11) is 1.48. The molecular formula is C18H19FN2O4. The maximum absolute atomic E-state index is 12.8. The number of hydrogen-bond donors (Lipinski definition) is 2. The third-order valence-electron chi connectivity index (χ3n) is 3.37. The molecule has 3 N–H and O–H groups in total. The molecule has 0 unspecified atom stereocenters. The van der Waals surface area contributed by atoms with Crippen LogP contribution in [0.15, 0.2) is 42.5 Å². The Morgan fingerprint density at radius 1 is 1.08 bits per heavy atom. The zero-order valence-corrected chi connectivity index (χ0v) is 13.8. The molecule has 2 aromatic carbocycles. The van der Waals surface area contributed by atoms with Gasteiger partial charge in [0, 0.05) is 6.54 Å². The van der Waals surface area contributed by atoms with Gasteiger partial charge in [-0.15, -0.1) is 0 Å². The molecule has 2 aromatic rings. The Morgan fingerprint density at radius 2 is 1.76 bits per heavy atom. The summed E-state index contributed by atoms with van der Waals surface area (Å²) in [6.45, 7) is 0.0522. The van der Waals surface area contributed by atoms with E-state index >= 15 is 0 Å². The number of methoxy groups -OCH3 is 1. The lowest BCUT2D eigenvalue weighted by atomic mass is 10.1. The fourth-order valence-corrected chi connectivity index (χ4v) is 2.14. The summed E-state index contributed by atoms with van der Waals surface area (Å²) in [4.78, 5) is 22.7. The van der Waals surface area contributed by atoms with Crippen molar-refractivity contribution in [1.82, 2.24) is 5.32 Å². The van der Waals surface area contributed by atoms with Crippen molar-refractivity contribution in [2.24, 2.45) is 5.73 Å². The molecule has 0 heterocycles. The van der Waals surface area contributed by atoms with Gasteiger partial charge in [0.25, 0.3) is 5.91 Å². The monoisotopic (exact) mass is 346 g/mol. The van der Waals surface area contributed by atoms with E-state index in [2.05, 4.69) is 5.32 Å². The minimum absolute atomic E-state index is 0.164. The van der Waals surface area contributed by atoms with Gasteiger partial charge in [-0.05, 0) is 35.4 Å². The van der Waals surface area contributed by atoms with Crippen molar-refractivity contribution in [3.63, 3.8) is 0 Å². The van der Waals surface area contributed by atoms with Gasteiger partial charge in [-0.25, -0.2) is 4.39 Å². The van der Waals surface area contributed by atoms with E-state index in [0.717, 1.165) is 11.1 Å². The normalized spacial score (nSPS) is 10.2. The summed E-state index contributed by atoms with van der Waals surface area (Å²) in [6, 6.07) is 10.9. The van der Waals surface area contributed by atoms with Crippen molar-refractivity contribution in [2.45, 2.75) is 13.0 Å². The van der Waals surface area contributed by atoms with Crippen molar-refractivity contribution in [3.8, 4) is 11.5 Å². The number of carbonyl (C=O) groups is 2. The first kappa shape index (κ1) is 18.3. The Morgan fingerprint density at radius 3 is 2.40 bits per heavy atom. The summed E-state index contributed by atoms with van der Waals surface area (Å²) in [5.41, 5.74) is 6.57. The van der Waals surface area contributed by atoms with Crippen molar-refractivity contribution in [1.29, 1.82) is 0 Å². The fourth-order valence-electron chi connectivity index (χ4n) is 2.14. The lowest BCUT2D eigenvalue weighted by Crippen LogP contribution is -2.24. The molecule has 0 saturated heterocycles. The predicted molar refractivity (Wildman–Crippen MR) is 89.6 cm³/mol. The van der Waals surface area contributed by atoms with Crippen molar-refractivity contribution in [3.05, 3.63) is 59.4 Å². The highest BCUT2D eigenvalue weighted by Gasteiger charge is 2.09. The highest BCUT2D eigenvalue weighted by molar-refractivity contribution is 5.78. The number of nitrogens with one attached hydrogen (secondary N) is 1. The second kappa shape index (κ2) is 8.68. The molecule has 0 aliphatic rings. The average Bonchev–Trinajstić information content (AvgIpc) is 2.60. The molecule has 0 saturated carbocycles. The lowest BCUT2D eigenvalue weighted by Gasteiger charge is -2.12. The quantitative estimate of drug-likeness (QED) is 0.759. The maximum Gasteiger partial charge on any atom is 0.255 e. The summed E-state index contributed by atoms with van der Waals surface area (Å²) < 4.78 is 23.3. The first-order valence-corrected chi connectivity index (χ1v) is 7.57. The van der Waals surface area contributed by atoms with Crippen LogP contribution in [0.1, 0.15) is 11.1 Å². The summed E-state index contributed by atoms with van der Waals surface area (Å²) >= 11 is 0. The number of halogens is 1. The van der Waals surface area contributed by atoms with Crippen molar-refractivity contribution in [2.75, 3.05) is 13.7 Å². The largest absolute Gasteiger partial charge is 0.493 e. The standard InChI is InChI=1S/C18H19FN2O4/c1-24-16-8-13(4-7-15(16)25-11-17(20)22)10-21-18(23)9-12-2-5-14(19)6-3-12/h2-8H,9-11H2,1H3,(H2,20,22)(H,21,23). The van der Waals surface area contributed by atoms with Gasteiger partial charge in [-0.2, -0.15) is 0 Å². The van der Waals surface area contributed by atoms with Gasteiger partial charge in [0.2, 0.25) is 5.91 Å². The predicted octanol–water partition coefficient (Wildman–Crippen LogP) is 1.56. The SMILES string of the molecule is COc1cc(CNC(=O)Cc2ccc(F)cc2)ccc1OCC(N)=O. The van der Waals surface area contributed by atoms with Crippen LogP contribution >= 0.6 is 0 Å². The molecule has 25 heavy (non-hydrogen) atoms. The average molecular weight is 346 g/mol. The Balaban J connectivity index is 1.92. The van der Waals surface area contributed by atoms with E-state index in [-0.39, 0.29) is 24.8 Å². The zero-order valence-electron chi connectivity index (χ0n) is 13.8. The Hall–Kier alpha value is -3.09. The summed E-state index contributed by atoms with van der Waals surface area (Å²) in [5, 5.41) is 2.78. The molecule has 0 fully saturated rings. The second-order valence-electron chi connectivity index (χ2n) is 5.32. The molecule has 0 spiro atoms. The molecule has 0 radical (unpaired) electrons. The van der Waals surface area contributed by atoms with Crippen LogP contribution in [-0.4, -0.2) is 25.5 Å². The second-order valence-corrected chi connectivity index (χ2v) is 5.32.